The highest BCUT2D eigenvalue weighted by Crippen LogP contribution is 2.41. The molecule has 0 radical (unpaired) electrons. The van der Waals surface area contributed by atoms with Crippen LogP contribution < -0.4 is 0 Å². The smallest absolute Gasteiger partial charge is 0.158 e. The Bertz CT molecular complexity index is 323. The van der Waals surface area contributed by atoms with Crippen LogP contribution in [0.25, 0.3) is 0 Å². The maximum absolute atomic E-state index is 12.2. The van der Waals surface area contributed by atoms with Crippen LogP contribution in [0.2, 0.25) is 0 Å². The van der Waals surface area contributed by atoms with E-state index in [0.29, 0.717) is 12.3 Å². The first-order valence-electron chi connectivity index (χ1n) is 5.76. The lowest BCUT2D eigenvalue weighted by atomic mass is 9.79. The van der Waals surface area contributed by atoms with Gasteiger partial charge in [-0.3, -0.25) is 4.79 Å². The molecule has 0 spiro atoms. The number of ketones is 1. The van der Waals surface area contributed by atoms with Gasteiger partial charge in [0.15, 0.2) is 5.78 Å². The van der Waals surface area contributed by atoms with Gasteiger partial charge < -0.3 is 4.57 Å². The maximum atomic E-state index is 12.2. The van der Waals surface area contributed by atoms with E-state index >= 15 is 0 Å². The molecule has 1 aliphatic carbocycles. The van der Waals surface area contributed by atoms with E-state index in [9.17, 15) is 4.79 Å². The van der Waals surface area contributed by atoms with Gasteiger partial charge in [-0.1, -0.05) is 19.8 Å². The van der Waals surface area contributed by atoms with Crippen molar-refractivity contribution in [2.24, 2.45) is 5.41 Å². The van der Waals surface area contributed by atoms with Gasteiger partial charge in [0.1, 0.15) is 0 Å². The van der Waals surface area contributed by atoms with Crippen LogP contribution in [0.5, 0.6) is 0 Å². The second-order valence-electron chi connectivity index (χ2n) is 4.50. The number of nitrogens with zero attached hydrogens (tertiary/aromatic N) is 2. The second kappa shape index (κ2) is 4.17. The zero-order valence-corrected chi connectivity index (χ0v) is 9.28. The molecular formula is C12H18N2O. The Balaban J connectivity index is 2.06. The maximum Gasteiger partial charge on any atom is 0.158 e. The third kappa shape index (κ3) is 1.96. The Morgan fingerprint density at radius 2 is 2.20 bits per heavy atom. The molecule has 0 atom stereocenters. The summed E-state index contributed by atoms with van der Waals surface area (Å²) in [5.41, 5.74) is -0.0235. The number of carbonyl (C=O) groups excluding carboxylic acids is 1. The lowest BCUT2D eigenvalue weighted by Gasteiger charge is -2.25. The van der Waals surface area contributed by atoms with Crippen LogP contribution in [-0.2, 0) is 11.3 Å². The molecule has 0 saturated heterocycles. The van der Waals surface area contributed by atoms with Crippen LogP contribution in [0.15, 0.2) is 18.7 Å². The Labute approximate surface area is 90.5 Å². The fraction of sp³-hybridized carbons (Fsp3) is 0.667. The minimum absolute atomic E-state index is 0.0235. The Hall–Kier alpha value is -1.12. The number of aromatic nitrogens is 2. The standard InChI is InChI=1S/C12H18N2O/c1-2-12(5-3-4-6-12)11(15)9-14-8-7-13-10-14/h7-8,10H,2-6,9H2,1H3. The van der Waals surface area contributed by atoms with Crippen LogP contribution in [0.3, 0.4) is 0 Å². The molecule has 0 amide bonds. The van der Waals surface area contributed by atoms with Gasteiger partial charge in [-0.15, -0.1) is 0 Å². The van der Waals surface area contributed by atoms with Gasteiger partial charge in [-0.25, -0.2) is 4.98 Å². The molecule has 3 heteroatoms. The van der Waals surface area contributed by atoms with Crippen LogP contribution in [0.1, 0.15) is 39.0 Å². The molecule has 15 heavy (non-hydrogen) atoms. The van der Waals surface area contributed by atoms with Crippen molar-refractivity contribution in [2.45, 2.75) is 45.6 Å². The highest BCUT2D eigenvalue weighted by Gasteiger charge is 2.38. The van der Waals surface area contributed by atoms with Gasteiger partial charge >= 0.3 is 0 Å². The first kappa shape index (κ1) is 10.4. The predicted octanol–water partition coefficient (Wildman–Crippen LogP) is 2.42. The summed E-state index contributed by atoms with van der Waals surface area (Å²) in [6.45, 7) is 2.63. The van der Waals surface area contributed by atoms with Crippen molar-refractivity contribution in [1.29, 1.82) is 0 Å². The van der Waals surface area contributed by atoms with Crippen molar-refractivity contribution < 1.29 is 4.79 Å². The summed E-state index contributed by atoms with van der Waals surface area (Å²) in [6.07, 6.45) is 10.9. The van der Waals surface area contributed by atoms with Gasteiger partial charge in [0, 0.05) is 17.8 Å². The van der Waals surface area contributed by atoms with Gasteiger partial charge in [-0.2, -0.15) is 0 Å². The highest BCUT2D eigenvalue weighted by molar-refractivity contribution is 5.84. The van der Waals surface area contributed by atoms with E-state index in [2.05, 4.69) is 11.9 Å². The number of carbonyl (C=O) groups is 1. The lowest BCUT2D eigenvalue weighted by molar-refractivity contribution is -0.129. The van der Waals surface area contributed by atoms with Crippen LogP contribution >= 0.6 is 0 Å². The number of rotatable bonds is 4. The molecule has 1 heterocycles. The van der Waals surface area contributed by atoms with Gasteiger partial charge in [-0.05, 0) is 19.3 Å². The summed E-state index contributed by atoms with van der Waals surface area (Å²) in [5.74, 6) is 0.389. The molecular weight excluding hydrogens is 188 g/mol. The van der Waals surface area contributed by atoms with Gasteiger partial charge in [0.2, 0.25) is 0 Å². The molecule has 0 aliphatic heterocycles. The van der Waals surface area contributed by atoms with E-state index in [0.717, 1.165) is 19.3 Å². The van der Waals surface area contributed by atoms with Gasteiger partial charge in [0.25, 0.3) is 0 Å². The molecule has 0 bridgehead atoms. The first-order valence-corrected chi connectivity index (χ1v) is 5.76. The average Bonchev–Trinajstić information content (AvgIpc) is 2.87. The Kier molecular flexibility index (Phi) is 2.89. The first-order chi connectivity index (χ1) is 7.27. The van der Waals surface area contributed by atoms with Crippen molar-refractivity contribution in [2.75, 3.05) is 0 Å². The zero-order valence-electron chi connectivity index (χ0n) is 9.28. The van der Waals surface area contributed by atoms with E-state index in [1.807, 2.05) is 10.8 Å². The lowest BCUT2D eigenvalue weighted by Crippen LogP contribution is -2.30. The summed E-state index contributed by atoms with van der Waals surface area (Å²) in [7, 11) is 0. The Morgan fingerprint density at radius 1 is 1.47 bits per heavy atom. The summed E-state index contributed by atoms with van der Waals surface area (Å²) in [4.78, 5) is 16.2. The number of Topliss-reactive ketones (excluding diaryl/α,β-unsaturated/α-hetero) is 1. The van der Waals surface area contributed by atoms with Gasteiger partial charge in [0.05, 0.1) is 12.9 Å². The largest absolute Gasteiger partial charge is 0.330 e. The monoisotopic (exact) mass is 206 g/mol. The number of imidazole rings is 1. The SMILES string of the molecule is CCC1(C(=O)Cn2ccnc2)CCCC1. The molecule has 0 N–H and O–H groups in total. The highest BCUT2D eigenvalue weighted by atomic mass is 16.1. The van der Waals surface area contributed by atoms with Crippen LogP contribution in [0.4, 0.5) is 0 Å². The van der Waals surface area contributed by atoms with E-state index in [-0.39, 0.29) is 5.41 Å². The van der Waals surface area contributed by atoms with E-state index in [4.69, 9.17) is 0 Å². The summed E-state index contributed by atoms with van der Waals surface area (Å²) in [5, 5.41) is 0. The molecule has 1 saturated carbocycles. The average molecular weight is 206 g/mol. The van der Waals surface area contributed by atoms with E-state index < -0.39 is 0 Å². The van der Waals surface area contributed by atoms with Crippen molar-refractivity contribution in [3.8, 4) is 0 Å². The fourth-order valence-electron chi connectivity index (χ4n) is 2.60. The van der Waals surface area contributed by atoms with Crippen LogP contribution in [-0.4, -0.2) is 15.3 Å². The molecule has 82 valence electrons. The Morgan fingerprint density at radius 3 is 2.73 bits per heavy atom. The van der Waals surface area contributed by atoms with Crippen molar-refractivity contribution in [3.05, 3.63) is 18.7 Å². The third-order valence-corrected chi connectivity index (χ3v) is 3.71. The number of hydrogen-bond donors (Lipinski definition) is 0. The normalized spacial score (nSPS) is 19.3. The molecule has 1 aromatic heterocycles. The topological polar surface area (TPSA) is 34.9 Å². The van der Waals surface area contributed by atoms with Crippen molar-refractivity contribution in [1.82, 2.24) is 9.55 Å². The molecule has 0 unspecified atom stereocenters. The summed E-state index contributed by atoms with van der Waals surface area (Å²) < 4.78 is 1.87. The van der Waals surface area contributed by atoms with Crippen molar-refractivity contribution in [3.63, 3.8) is 0 Å². The predicted molar refractivity (Wildman–Crippen MR) is 58.4 cm³/mol. The van der Waals surface area contributed by atoms with Crippen LogP contribution in [0, 0.1) is 5.41 Å². The summed E-state index contributed by atoms with van der Waals surface area (Å²) in [6, 6.07) is 0. The molecule has 1 aromatic rings. The molecule has 1 aliphatic rings. The van der Waals surface area contributed by atoms with E-state index in [1.165, 1.54) is 12.8 Å². The number of hydrogen-bond acceptors (Lipinski definition) is 2. The molecule has 2 rings (SSSR count). The quantitative estimate of drug-likeness (QED) is 0.758. The third-order valence-electron chi connectivity index (χ3n) is 3.71. The molecule has 3 nitrogen and oxygen atoms in total. The second-order valence-corrected chi connectivity index (χ2v) is 4.50. The molecule has 0 aromatic carbocycles. The van der Waals surface area contributed by atoms with Crippen molar-refractivity contribution >= 4 is 5.78 Å². The minimum atomic E-state index is -0.0235. The fourth-order valence-corrected chi connectivity index (χ4v) is 2.60. The minimum Gasteiger partial charge on any atom is -0.330 e. The van der Waals surface area contributed by atoms with E-state index in [1.54, 1.807) is 12.5 Å². The zero-order chi connectivity index (χ0) is 10.7. The molecule has 1 fully saturated rings. The summed E-state index contributed by atoms with van der Waals surface area (Å²) >= 11 is 0.